The lowest BCUT2D eigenvalue weighted by Crippen LogP contribution is -2.53. The van der Waals surface area contributed by atoms with Crippen molar-refractivity contribution in [1.82, 2.24) is 10.2 Å². The van der Waals surface area contributed by atoms with Gasteiger partial charge >= 0.3 is 0 Å². The maximum absolute atomic E-state index is 13.9. The van der Waals surface area contributed by atoms with E-state index < -0.39 is 22.6 Å². The Labute approximate surface area is 233 Å². The Morgan fingerprint density at radius 1 is 1.11 bits per heavy atom. The normalized spacial score (nSPS) is 29.9. The quantitative estimate of drug-likeness (QED) is 0.298. The van der Waals surface area contributed by atoms with Gasteiger partial charge in [0.05, 0.1) is 27.3 Å². The molecule has 0 aliphatic carbocycles. The minimum Gasteiger partial charge on any atom is -0.396 e. The molecule has 3 amide bonds. The fourth-order valence-electron chi connectivity index (χ4n) is 6.03. The summed E-state index contributed by atoms with van der Waals surface area (Å²) in [5.74, 6) is -1.76. The number of aliphatic hydroxyl groups is 1. The number of amides is 3. The van der Waals surface area contributed by atoms with Crippen LogP contribution in [0.1, 0.15) is 24.8 Å². The summed E-state index contributed by atoms with van der Waals surface area (Å²) in [6, 6.07) is 15.9. The summed E-state index contributed by atoms with van der Waals surface area (Å²) >= 11 is 11.7. The van der Waals surface area contributed by atoms with Crippen LogP contribution in [-0.2, 0) is 20.9 Å². The Bertz CT molecular complexity index is 1190. The van der Waals surface area contributed by atoms with E-state index in [2.05, 4.69) is 26.6 Å². The van der Waals surface area contributed by atoms with Crippen LogP contribution < -0.4 is 10.6 Å². The number of anilines is 1. The van der Waals surface area contributed by atoms with E-state index in [1.54, 1.807) is 40.9 Å². The number of carbonyl (C=O) groups is 3. The second kappa shape index (κ2) is 11.0. The number of hydrogen-bond donors (Lipinski definition) is 3. The van der Waals surface area contributed by atoms with Crippen LogP contribution in [0.15, 0.2) is 54.6 Å². The Hall–Kier alpha value is -2.07. The second-order valence-corrected chi connectivity index (χ2v) is 12.9. The average molecular weight is 607 g/mol. The topological polar surface area (TPSA) is 98.7 Å². The molecule has 7 nitrogen and oxygen atoms in total. The van der Waals surface area contributed by atoms with Crippen LogP contribution in [0.2, 0.25) is 5.02 Å². The SMILES string of the molecule is O=C(Nc1ccccc1Cl)C1N(CCCCO)C(=O)[C@@H]2[C@H](C(=O)NCc3ccccc3)[C@H]3SC12CC3Br. The molecule has 3 unspecified atom stereocenters. The van der Waals surface area contributed by atoms with E-state index in [-0.39, 0.29) is 34.4 Å². The van der Waals surface area contributed by atoms with E-state index in [4.69, 9.17) is 11.6 Å². The number of nitrogens with zero attached hydrogens (tertiary/aromatic N) is 1. The van der Waals surface area contributed by atoms with Gasteiger partial charge in [0.1, 0.15) is 6.04 Å². The van der Waals surface area contributed by atoms with Gasteiger partial charge in [-0.05, 0) is 37.0 Å². The molecular formula is C27H29BrClN3O4S. The summed E-state index contributed by atoms with van der Waals surface area (Å²) in [5.41, 5.74) is 1.47. The summed E-state index contributed by atoms with van der Waals surface area (Å²) in [4.78, 5) is 43.0. The predicted octanol–water partition coefficient (Wildman–Crippen LogP) is 3.83. The van der Waals surface area contributed by atoms with Crippen molar-refractivity contribution in [2.45, 2.75) is 46.7 Å². The van der Waals surface area contributed by atoms with Crippen molar-refractivity contribution >= 4 is 62.7 Å². The monoisotopic (exact) mass is 605 g/mol. The van der Waals surface area contributed by atoms with Crippen LogP contribution in [0.25, 0.3) is 0 Å². The third kappa shape index (κ3) is 4.80. The molecule has 6 atom stereocenters. The lowest BCUT2D eigenvalue weighted by atomic mass is 9.70. The van der Waals surface area contributed by atoms with Crippen LogP contribution in [0.3, 0.4) is 0 Å². The number of nitrogens with one attached hydrogen (secondary N) is 2. The number of benzene rings is 2. The predicted molar refractivity (Wildman–Crippen MR) is 149 cm³/mol. The first kappa shape index (κ1) is 26.5. The van der Waals surface area contributed by atoms with Gasteiger partial charge in [-0.15, -0.1) is 11.8 Å². The highest BCUT2D eigenvalue weighted by Gasteiger charge is 2.75. The van der Waals surface area contributed by atoms with Crippen molar-refractivity contribution in [1.29, 1.82) is 0 Å². The number of hydrogen-bond acceptors (Lipinski definition) is 5. The first-order valence-corrected chi connectivity index (χ1v) is 14.6. The van der Waals surface area contributed by atoms with Crippen molar-refractivity contribution < 1.29 is 19.5 Å². The van der Waals surface area contributed by atoms with Gasteiger partial charge in [-0.25, -0.2) is 0 Å². The summed E-state index contributed by atoms with van der Waals surface area (Å²) in [6.07, 6.45) is 1.70. The smallest absolute Gasteiger partial charge is 0.248 e. The number of rotatable bonds is 9. The first-order valence-electron chi connectivity index (χ1n) is 12.5. The zero-order valence-corrected chi connectivity index (χ0v) is 23.3. The number of aliphatic hydroxyl groups excluding tert-OH is 1. The average Bonchev–Trinajstić information content (AvgIpc) is 3.48. The number of unbranched alkanes of at least 4 members (excludes halogenated alkanes) is 1. The molecule has 10 heteroatoms. The molecule has 0 radical (unpaired) electrons. The number of thioether (sulfide) groups is 1. The highest BCUT2D eigenvalue weighted by molar-refractivity contribution is 9.09. The van der Waals surface area contributed by atoms with Crippen molar-refractivity contribution in [3.8, 4) is 0 Å². The molecule has 5 rings (SSSR count). The van der Waals surface area contributed by atoms with E-state index >= 15 is 0 Å². The molecule has 37 heavy (non-hydrogen) atoms. The highest BCUT2D eigenvalue weighted by atomic mass is 79.9. The largest absolute Gasteiger partial charge is 0.396 e. The maximum atomic E-state index is 13.9. The standard InChI is InChI=1S/C27H29BrClN3O4S/c28-17-14-27-21(20(22(17)37-27)24(34)30-15-16-8-2-1-3-9-16)26(36)32(12-6-7-13-33)23(27)25(35)31-19-11-5-4-10-18(19)29/h1-5,8-11,17,20-23,33H,6-7,12-15H2,(H,30,34)(H,31,35)/t17?,20-,21-,22-,23?,27?/m0/s1. The van der Waals surface area contributed by atoms with E-state index in [1.165, 1.54) is 0 Å². The fraction of sp³-hybridized carbons (Fsp3) is 0.444. The summed E-state index contributed by atoms with van der Waals surface area (Å²) in [5, 5.41) is 15.6. The van der Waals surface area contributed by atoms with Crippen molar-refractivity contribution in [3.05, 3.63) is 65.2 Å². The fourth-order valence-corrected chi connectivity index (χ4v) is 9.83. The van der Waals surface area contributed by atoms with E-state index in [0.29, 0.717) is 43.1 Å². The van der Waals surface area contributed by atoms with E-state index in [9.17, 15) is 19.5 Å². The highest BCUT2D eigenvalue weighted by Crippen LogP contribution is 2.67. The molecule has 3 aliphatic rings. The molecule has 2 aromatic rings. The Kier molecular flexibility index (Phi) is 7.86. The van der Waals surface area contributed by atoms with Crippen LogP contribution in [0.4, 0.5) is 5.69 Å². The Morgan fingerprint density at radius 2 is 1.84 bits per heavy atom. The van der Waals surface area contributed by atoms with Gasteiger partial charge in [0.2, 0.25) is 17.7 Å². The van der Waals surface area contributed by atoms with Crippen molar-refractivity contribution in [3.63, 3.8) is 0 Å². The number of halogens is 2. The van der Waals surface area contributed by atoms with Gasteiger partial charge < -0.3 is 20.6 Å². The lowest BCUT2D eigenvalue weighted by Gasteiger charge is -2.35. The van der Waals surface area contributed by atoms with Gasteiger partial charge in [-0.3, -0.25) is 14.4 Å². The molecular weight excluding hydrogens is 578 g/mol. The number of fused-ring (bicyclic) bond motifs is 1. The van der Waals surface area contributed by atoms with E-state index in [1.807, 2.05) is 30.3 Å². The van der Waals surface area contributed by atoms with Gasteiger partial charge in [0.15, 0.2) is 0 Å². The molecule has 3 heterocycles. The minimum absolute atomic E-state index is 0.00188. The first-order chi connectivity index (χ1) is 17.9. The Balaban J connectivity index is 1.44. The molecule has 3 fully saturated rings. The van der Waals surface area contributed by atoms with Crippen molar-refractivity contribution in [2.75, 3.05) is 18.5 Å². The minimum atomic E-state index is -0.748. The molecule has 196 valence electrons. The van der Waals surface area contributed by atoms with Crippen LogP contribution >= 0.6 is 39.3 Å². The summed E-state index contributed by atoms with van der Waals surface area (Å²) in [7, 11) is 0. The second-order valence-electron chi connectivity index (χ2n) is 9.80. The van der Waals surface area contributed by atoms with Gasteiger partial charge in [-0.2, -0.15) is 0 Å². The summed E-state index contributed by atoms with van der Waals surface area (Å²) in [6.45, 7) is 0.734. The molecule has 0 aromatic heterocycles. The number of carbonyl (C=O) groups excluding carboxylic acids is 3. The molecule has 1 spiro atoms. The molecule has 3 aliphatic heterocycles. The molecule has 3 saturated heterocycles. The van der Waals surface area contributed by atoms with Crippen LogP contribution in [-0.4, -0.2) is 61.7 Å². The van der Waals surface area contributed by atoms with E-state index in [0.717, 1.165) is 5.56 Å². The van der Waals surface area contributed by atoms with Crippen LogP contribution in [0.5, 0.6) is 0 Å². The number of alkyl halides is 1. The van der Waals surface area contributed by atoms with Gasteiger partial charge in [0, 0.05) is 29.8 Å². The third-order valence-electron chi connectivity index (χ3n) is 7.59. The molecule has 2 aromatic carbocycles. The lowest BCUT2D eigenvalue weighted by molar-refractivity contribution is -0.139. The molecule has 0 saturated carbocycles. The number of para-hydroxylation sites is 1. The van der Waals surface area contributed by atoms with Crippen LogP contribution in [0, 0.1) is 11.8 Å². The summed E-state index contributed by atoms with van der Waals surface area (Å²) < 4.78 is -0.727. The van der Waals surface area contributed by atoms with Gasteiger partial charge in [-0.1, -0.05) is 70.0 Å². The third-order valence-corrected chi connectivity index (χ3v) is 11.1. The zero-order chi connectivity index (χ0) is 26.2. The number of likely N-dealkylation sites (tertiary alicyclic amines) is 1. The molecule has 3 N–H and O–H groups in total. The zero-order valence-electron chi connectivity index (χ0n) is 20.1. The Morgan fingerprint density at radius 3 is 2.57 bits per heavy atom. The van der Waals surface area contributed by atoms with Gasteiger partial charge in [0.25, 0.3) is 0 Å². The maximum Gasteiger partial charge on any atom is 0.248 e. The van der Waals surface area contributed by atoms with Crippen molar-refractivity contribution in [2.24, 2.45) is 11.8 Å². The molecule has 2 bridgehead atoms.